The molecule has 0 atom stereocenters. The van der Waals surface area contributed by atoms with Crippen LogP contribution in [-0.2, 0) is 33.3 Å². The summed E-state index contributed by atoms with van der Waals surface area (Å²) in [4.78, 5) is 23.6. The van der Waals surface area contributed by atoms with Gasteiger partial charge >= 0.3 is 5.97 Å². The highest BCUT2D eigenvalue weighted by Crippen LogP contribution is 2.14. The van der Waals surface area contributed by atoms with Gasteiger partial charge in [0, 0.05) is 25.9 Å². The average Bonchev–Trinajstić information content (AvgIpc) is 2.88. The van der Waals surface area contributed by atoms with Crippen LogP contribution in [0, 0.1) is 0 Å². The van der Waals surface area contributed by atoms with Crippen LogP contribution in [0.15, 0.2) is 0 Å². The molecule has 0 bridgehead atoms. The molecule has 0 saturated carbocycles. The summed E-state index contributed by atoms with van der Waals surface area (Å²) in [6.45, 7) is 11.0. The molecule has 0 aromatic heterocycles. The number of carbonyl (C=O) groups is 2. The van der Waals surface area contributed by atoms with E-state index < -0.39 is 0 Å². The van der Waals surface area contributed by atoms with E-state index in [4.69, 9.17) is 29.4 Å². The first-order valence-corrected chi connectivity index (χ1v) is 15.3. The molecule has 3 N–H and O–H groups in total. The molecule has 0 aromatic rings. The second-order valence-corrected chi connectivity index (χ2v) is 10.9. The van der Waals surface area contributed by atoms with E-state index >= 15 is 0 Å². The maximum Gasteiger partial charge on any atom is 0.306 e. The van der Waals surface area contributed by atoms with Crippen LogP contribution in [-0.4, -0.2) is 83.4 Å². The number of hydrogen-bond donors (Lipinski definition) is 2. The monoisotopic (exact) mass is 560 g/mol. The molecule has 1 amide bonds. The van der Waals surface area contributed by atoms with Crippen LogP contribution in [0.2, 0.25) is 0 Å². The number of nitrogens with one attached hydrogen (secondary N) is 1. The molecule has 0 aliphatic heterocycles. The summed E-state index contributed by atoms with van der Waals surface area (Å²) in [6, 6.07) is 0. The van der Waals surface area contributed by atoms with Crippen molar-refractivity contribution < 1.29 is 33.3 Å². The lowest BCUT2D eigenvalue weighted by Gasteiger charge is -2.19. The predicted octanol–water partition coefficient (Wildman–Crippen LogP) is 4.93. The lowest BCUT2D eigenvalue weighted by Crippen LogP contribution is -2.27. The van der Waals surface area contributed by atoms with Gasteiger partial charge in [0.2, 0.25) is 5.91 Å². The van der Waals surface area contributed by atoms with Gasteiger partial charge < -0.3 is 34.7 Å². The van der Waals surface area contributed by atoms with Crippen LogP contribution in [0.1, 0.15) is 111 Å². The van der Waals surface area contributed by atoms with Gasteiger partial charge in [-0.1, -0.05) is 64.2 Å². The van der Waals surface area contributed by atoms with Crippen molar-refractivity contribution in [3.8, 4) is 0 Å². The van der Waals surface area contributed by atoms with Crippen LogP contribution < -0.4 is 11.1 Å². The fourth-order valence-electron chi connectivity index (χ4n) is 3.91. The first kappa shape index (κ1) is 37.7. The third kappa shape index (κ3) is 32.8. The molecule has 0 rings (SSSR count). The van der Waals surface area contributed by atoms with E-state index in [0.29, 0.717) is 78.8 Å². The molecular weight excluding hydrogens is 500 g/mol. The van der Waals surface area contributed by atoms with Gasteiger partial charge in [-0.25, -0.2) is 0 Å². The molecule has 0 heterocycles. The van der Waals surface area contributed by atoms with Crippen LogP contribution >= 0.6 is 0 Å². The average molecular weight is 561 g/mol. The Kier molecular flexibility index (Phi) is 27.4. The zero-order chi connectivity index (χ0) is 28.9. The van der Waals surface area contributed by atoms with Crippen LogP contribution in [0.4, 0.5) is 0 Å². The lowest BCUT2D eigenvalue weighted by molar-refractivity contribution is -0.154. The standard InChI is InChI=1S/C30H60N2O7/c1-30(2,3)39-29(34)17-15-13-11-9-7-5-4-6-8-10-12-14-16-28(33)32-19-21-36-23-25-38-27-26-37-24-22-35-20-18-31/h4-27,31H2,1-3H3,(H,32,33). The second-order valence-electron chi connectivity index (χ2n) is 10.9. The molecular formula is C30H60N2O7. The SMILES string of the molecule is CC(C)(C)OC(=O)CCCCCCCCCCCCCCC(=O)NCCOCCOCCOCCOCCN. The van der Waals surface area contributed by atoms with E-state index in [1.807, 2.05) is 20.8 Å². The molecule has 0 aromatic carbocycles. The van der Waals surface area contributed by atoms with Gasteiger partial charge in [-0.2, -0.15) is 0 Å². The number of hydrogen-bond acceptors (Lipinski definition) is 8. The minimum Gasteiger partial charge on any atom is -0.460 e. The van der Waals surface area contributed by atoms with Crippen molar-refractivity contribution in [3.63, 3.8) is 0 Å². The number of esters is 1. The van der Waals surface area contributed by atoms with Gasteiger partial charge in [-0.15, -0.1) is 0 Å². The van der Waals surface area contributed by atoms with Crippen molar-refractivity contribution in [1.82, 2.24) is 5.32 Å². The summed E-state index contributed by atoms with van der Waals surface area (Å²) < 4.78 is 26.8. The van der Waals surface area contributed by atoms with E-state index in [9.17, 15) is 9.59 Å². The van der Waals surface area contributed by atoms with E-state index in [1.165, 1.54) is 51.4 Å². The van der Waals surface area contributed by atoms with Crippen molar-refractivity contribution in [2.24, 2.45) is 5.73 Å². The number of ether oxygens (including phenoxy) is 5. The van der Waals surface area contributed by atoms with E-state index in [1.54, 1.807) is 0 Å². The Labute approximate surface area is 238 Å². The van der Waals surface area contributed by atoms with Crippen LogP contribution in [0.3, 0.4) is 0 Å². The highest BCUT2D eigenvalue weighted by molar-refractivity contribution is 5.75. The summed E-state index contributed by atoms with van der Waals surface area (Å²) >= 11 is 0. The summed E-state index contributed by atoms with van der Waals surface area (Å²) in [5.41, 5.74) is 4.95. The summed E-state index contributed by atoms with van der Waals surface area (Å²) in [5.74, 6) is 0.0272. The number of rotatable bonds is 29. The van der Waals surface area contributed by atoms with Gasteiger partial charge in [-0.3, -0.25) is 9.59 Å². The van der Waals surface area contributed by atoms with E-state index in [-0.39, 0.29) is 17.5 Å². The molecule has 0 aliphatic carbocycles. The number of nitrogens with two attached hydrogens (primary N) is 1. The topological polar surface area (TPSA) is 118 Å². The van der Waals surface area contributed by atoms with Crippen molar-refractivity contribution >= 4 is 11.9 Å². The molecule has 0 fully saturated rings. The second kappa shape index (κ2) is 28.3. The normalized spacial score (nSPS) is 11.6. The Hall–Kier alpha value is -1.26. The van der Waals surface area contributed by atoms with Crippen molar-refractivity contribution in [2.45, 2.75) is 116 Å². The Bertz CT molecular complexity index is 556. The van der Waals surface area contributed by atoms with Gasteiger partial charge in [-0.05, 0) is 33.6 Å². The molecule has 0 unspecified atom stereocenters. The van der Waals surface area contributed by atoms with Gasteiger partial charge in [0.05, 0.1) is 52.9 Å². The molecule has 0 spiro atoms. The van der Waals surface area contributed by atoms with Crippen molar-refractivity contribution in [2.75, 3.05) is 65.9 Å². The third-order valence-electron chi connectivity index (χ3n) is 5.90. The molecule has 0 saturated heterocycles. The van der Waals surface area contributed by atoms with E-state index in [2.05, 4.69) is 5.32 Å². The molecule has 39 heavy (non-hydrogen) atoms. The van der Waals surface area contributed by atoms with Gasteiger partial charge in [0.25, 0.3) is 0 Å². The van der Waals surface area contributed by atoms with E-state index in [0.717, 1.165) is 25.7 Å². The first-order valence-electron chi connectivity index (χ1n) is 15.3. The zero-order valence-corrected chi connectivity index (χ0v) is 25.4. The van der Waals surface area contributed by atoms with Crippen molar-refractivity contribution in [1.29, 1.82) is 0 Å². The Morgan fingerprint density at radius 2 is 0.949 bits per heavy atom. The highest BCUT2D eigenvalue weighted by atomic mass is 16.6. The maximum atomic E-state index is 11.9. The minimum atomic E-state index is -0.378. The fourth-order valence-corrected chi connectivity index (χ4v) is 3.91. The number of unbranched alkanes of at least 4 members (excludes halogenated alkanes) is 11. The van der Waals surface area contributed by atoms with Gasteiger partial charge in [0.15, 0.2) is 0 Å². The third-order valence-corrected chi connectivity index (χ3v) is 5.90. The van der Waals surface area contributed by atoms with Crippen molar-refractivity contribution in [3.05, 3.63) is 0 Å². The number of amides is 1. The molecule has 0 aliphatic rings. The first-order chi connectivity index (χ1) is 18.8. The zero-order valence-electron chi connectivity index (χ0n) is 25.4. The smallest absolute Gasteiger partial charge is 0.306 e. The van der Waals surface area contributed by atoms with Gasteiger partial charge in [0.1, 0.15) is 5.60 Å². The molecule has 232 valence electrons. The minimum absolute atomic E-state index is 0.0780. The Balaban J connectivity index is 3.22. The Morgan fingerprint density at radius 1 is 0.564 bits per heavy atom. The summed E-state index contributed by atoms with van der Waals surface area (Å²) in [6.07, 6.45) is 15.3. The maximum absolute atomic E-state index is 11.9. The lowest BCUT2D eigenvalue weighted by atomic mass is 10.0. The van der Waals surface area contributed by atoms with Crippen LogP contribution in [0.5, 0.6) is 0 Å². The Morgan fingerprint density at radius 3 is 1.38 bits per heavy atom. The molecule has 0 radical (unpaired) electrons. The summed E-state index contributed by atoms with van der Waals surface area (Å²) in [7, 11) is 0. The fraction of sp³-hybridized carbons (Fsp3) is 0.933. The van der Waals surface area contributed by atoms with Crippen LogP contribution in [0.25, 0.3) is 0 Å². The highest BCUT2D eigenvalue weighted by Gasteiger charge is 2.15. The largest absolute Gasteiger partial charge is 0.460 e. The molecule has 9 nitrogen and oxygen atoms in total. The summed E-state index contributed by atoms with van der Waals surface area (Å²) in [5, 5.41) is 2.91. The number of carbonyl (C=O) groups excluding carboxylic acids is 2. The molecule has 9 heteroatoms. The quantitative estimate of drug-likeness (QED) is 0.0977. The predicted molar refractivity (Wildman–Crippen MR) is 156 cm³/mol.